The van der Waals surface area contributed by atoms with E-state index in [0.29, 0.717) is 12.5 Å². The molecule has 2 heterocycles. The highest BCUT2D eigenvalue weighted by atomic mass is 32.1. The third kappa shape index (κ3) is 4.68. The molecule has 146 valence electrons. The van der Waals surface area contributed by atoms with Crippen LogP contribution in [0.2, 0.25) is 0 Å². The van der Waals surface area contributed by atoms with E-state index in [-0.39, 0.29) is 11.9 Å². The van der Waals surface area contributed by atoms with E-state index in [0.717, 1.165) is 34.4 Å². The molecule has 1 aromatic carbocycles. The van der Waals surface area contributed by atoms with Gasteiger partial charge in [-0.25, -0.2) is 4.98 Å². The summed E-state index contributed by atoms with van der Waals surface area (Å²) in [5.41, 5.74) is 2.00. The summed E-state index contributed by atoms with van der Waals surface area (Å²) < 4.78 is 5.39. The van der Waals surface area contributed by atoms with E-state index in [9.17, 15) is 4.79 Å². The van der Waals surface area contributed by atoms with Gasteiger partial charge in [-0.15, -0.1) is 11.3 Å². The van der Waals surface area contributed by atoms with Crippen molar-refractivity contribution in [2.24, 2.45) is 0 Å². The summed E-state index contributed by atoms with van der Waals surface area (Å²) in [4.78, 5) is 20.5. The summed E-state index contributed by atoms with van der Waals surface area (Å²) in [6, 6.07) is 8.32. The second-order valence-corrected chi connectivity index (χ2v) is 8.40. The van der Waals surface area contributed by atoms with Gasteiger partial charge >= 0.3 is 0 Å². The number of aryl methyl sites for hydroxylation is 1. The molecular formula is C21H29N3O2S. The van der Waals surface area contributed by atoms with E-state index in [1.807, 2.05) is 19.1 Å². The Hall–Kier alpha value is -1.92. The lowest BCUT2D eigenvalue weighted by Gasteiger charge is -2.28. The zero-order valence-corrected chi connectivity index (χ0v) is 17.4. The van der Waals surface area contributed by atoms with Crippen molar-refractivity contribution in [2.45, 2.75) is 45.6 Å². The number of hydrogen-bond acceptors (Lipinski definition) is 5. The van der Waals surface area contributed by atoms with E-state index in [4.69, 9.17) is 4.74 Å². The Morgan fingerprint density at radius 1 is 1.33 bits per heavy atom. The number of amides is 1. The summed E-state index contributed by atoms with van der Waals surface area (Å²) >= 11 is 1.50. The van der Waals surface area contributed by atoms with Gasteiger partial charge in [-0.05, 0) is 50.6 Å². The number of likely N-dealkylation sites (tertiary alicyclic amines) is 1. The minimum Gasteiger partial charge on any atom is -0.497 e. The van der Waals surface area contributed by atoms with E-state index in [1.54, 1.807) is 7.11 Å². The molecule has 27 heavy (non-hydrogen) atoms. The lowest BCUT2D eigenvalue weighted by atomic mass is 10.0. The van der Waals surface area contributed by atoms with Crippen molar-refractivity contribution < 1.29 is 9.53 Å². The molecule has 0 radical (unpaired) electrons. The maximum Gasteiger partial charge on any atom is 0.263 e. The summed E-state index contributed by atoms with van der Waals surface area (Å²) in [6.45, 7) is 8.83. The molecule has 1 aromatic heterocycles. The number of benzene rings is 1. The van der Waals surface area contributed by atoms with Gasteiger partial charge in [0.2, 0.25) is 0 Å². The molecule has 6 heteroatoms. The fourth-order valence-electron chi connectivity index (χ4n) is 3.50. The predicted molar refractivity (Wildman–Crippen MR) is 110 cm³/mol. The molecule has 0 bridgehead atoms. The lowest BCUT2D eigenvalue weighted by Crippen LogP contribution is -2.36. The average molecular weight is 388 g/mol. The van der Waals surface area contributed by atoms with Crippen LogP contribution in [0.4, 0.5) is 0 Å². The van der Waals surface area contributed by atoms with Crippen LogP contribution < -0.4 is 10.1 Å². The third-order valence-corrected chi connectivity index (χ3v) is 6.49. The maximum absolute atomic E-state index is 12.8. The molecular weight excluding hydrogens is 358 g/mol. The molecule has 1 amide bonds. The van der Waals surface area contributed by atoms with Gasteiger partial charge < -0.3 is 10.1 Å². The molecule has 1 atom stereocenters. The van der Waals surface area contributed by atoms with Crippen LogP contribution in [0.15, 0.2) is 24.3 Å². The first-order chi connectivity index (χ1) is 13.0. The van der Waals surface area contributed by atoms with E-state index in [1.165, 1.54) is 29.7 Å². The number of nitrogens with one attached hydrogen (secondary N) is 1. The van der Waals surface area contributed by atoms with E-state index in [2.05, 4.69) is 41.2 Å². The van der Waals surface area contributed by atoms with Gasteiger partial charge in [0.15, 0.2) is 0 Å². The van der Waals surface area contributed by atoms with Gasteiger partial charge in [0.1, 0.15) is 10.6 Å². The van der Waals surface area contributed by atoms with Crippen LogP contribution >= 0.6 is 11.3 Å². The molecule has 0 saturated carbocycles. The molecule has 0 unspecified atom stereocenters. The third-order valence-electron chi connectivity index (χ3n) is 5.03. The Morgan fingerprint density at radius 2 is 2.07 bits per heavy atom. The minimum atomic E-state index is -0.0241. The van der Waals surface area contributed by atoms with E-state index < -0.39 is 0 Å². The number of hydrogen-bond donors (Lipinski definition) is 1. The number of ether oxygens (including phenoxy) is 1. The molecule has 1 aliphatic heterocycles. The fraction of sp³-hybridized carbons (Fsp3) is 0.524. The largest absolute Gasteiger partial charge is 0.497 e. The Kier molecular flexibility index (Phi) is 6.50. The van der Waals surface area contributed by atoms with Crippen LogP contribution in [-0.2, 0) is 0 Å². The van der Waals surface area contributed by atoms with Crippen LogP contribution in [0.1, 0.15) is 64.6 Å². The van der Waals surface area contributed by atoms with Crippen LogP contribution in [0.5, 0.6) is 5.75 Å². The lowest BCUT2D eigenvalue weighted by molar-refractivity contribution is 0.0941. The van der Waals surface area contributed by atoms with Crippen molar-refractivity contribution >= 4 is 17.2 Å². The Morgan fingerprint density at radius 3 is 2.70 bits per heavy atom. The van der Waals surface area contributed by atoms with Crippen molar-refractivity contribution in [1.82, 2.24) is 15.2 Å². The number of methoxy groups -OCH3 is 1. The molecule has 0 aliphatic carbocycles. The smallest absolute Gasteiger partial charge is 0.263 e. The average Bonchev–Trinajstić information content (AvgIpc) is 3.32. The summed E-state index contributed by atoms with van der Waals surface area (Å²) in [5, 5.41) is 4.17. The highest BCUT2D eigenvalue weighted by Crippen LogP contribution is 2.28. The van der Waals surface area contributed by atoms with Crippen molar-refractivity contribution in [3.05, 3.63) is 45.4 Å². The zero-order valence-electron chi connectivity index (χ0n) is 16.6. The molecule has 1 saturated heterocycles. The zero-order chi connectivity index (χ0) is 19.4. The van der Waals surface area contributed by atoms with Gasteiger partial charge in [0.05, 0.1) is 23.9 Å². The molecule has 5 nitrogen and oxygen atoms in total. The number of nitrogens with zero attached hydrogens (tertiary/aromatic N) is 2. The first kappa shape index (κ1) is 19.8. The quantitative estimate of drug-likeness (QED) is 0.775. The molecule has 3 rings (SSSR count). The SMILES string of the molecule is COc1cccc([C@@H](CNC(=O)c2sc(C(C)C)nc2C)N2CCCC2)c1. The van der Waals surface area contributed by atoms with Crippen molar-refractivity contribution in [2.75, 3.05) is 26.7 Å². The maximum atomic E-state index is 12.8. The highest BCUT2D eigenvalue weighted by Gasteiger charge is 2.25. The molecule has 1 N–H and O–H groups in total. The Balaban J connectivity index is 1.75. The second-order valence-electron chi connectivity index (χ2n) is 7.37. The summed E-state index contributed by atoms with van der Waals surface area (Å²) in [5.74, 6) is 1.16. The van der Waals surface area contributed by atoms with Crippen molar-refractivity contribution in [3.63, 3.8) is 0 Å². The van der Waals surface area contributed by atoms with Gasteiger partial charge in [-0.3, -0.25) is 9.69 Å². The summed E-state index contributed by atoms with van der Waals surface area (Å²) in [7, 11) is 1.69. The first-order valence-electron chi connectivity index (χ1n) is 9.63. The Labute approximate surface area is 165 Å². The van der Waals surface area contributed by atoms with Crippen LogP contribution in [0, 0.1) is 6.92 Å². The standard InChI is InChI=1S/C21H29N3O2S/c1-14(2)21-23-15(3)19(27-21)20(25)22-13-18(24-10-5-6-11-24)16-8-7-9-17(12-16)26-4/h7-9,12,14,18H,5-6,10-11,13H2,1-4H3,(H,22,25)/t18-/m1/s1. The van der Waals surface area contributed by atoms with Crippen LogP contribution in [0.25, 0.3) is 0 Å². The first-order valence-corrected chi connectivity index (χ1v) is 10.4. The van der Waals surface area contributed by atoms with Gasteiger partial charge in [-0.2, -0.15) is 0 Å². The highest BCUT2D eigenvalue weighted by molar-refractivity contribution is 7.13. The van der Waals surface area contributed by atoms with Crippen LogP contribution in [0.3, 0.4) is 0 Å². The van der Waals surface area contributed by atoms with Gasteiger partial charge in [-0.1, -0.05) is 26.0 Å². The number of carbonyl (C=O) groups is 1. The monoisotopic (exact) mass is 387 g/mol. The Bertz CT molecular complexity index is 781. The van der Waals surface area contributed by atoms with Crippen LogP contribution in [-0.4, -0.2) is 42.5 Å². The fourth-order valence-corrected chi connectivity index (χ4v) is 4.49. The van der Waals surface area contributed by atoms with Crippen molar-refractivity contribution in [1.29, 1.82) is 0 Å². The number of aromatic nitrogens is 1. The molecule has 1 aliphatic rings. The second kappa shape index (κ2) is 8.85. The number of rotatable bonds is 7. The van der Waals surface area contributed by atoms with Crippen molar-refractivity contribution in [3.8, 4) is 5.75 Å². The number of carbonyl (C=O) groups excluding carboxylic acids is 1. The normalized spacial score (nSPS) is 15.9. The predicted octanol–water partition coefficient (Wildman–Crippen LogP) is 4.15. The number of thiazole rings is 1. The summed E-state index contributed by atoms with van der Waals surface area (Å²) in [6.07, 6.45) is 2.42. The van der Waals surface area contributed by atoms with Gasteiger partial charge in [0.25, 0.3) is 5.91 Å². The topological polar surface area (TPSA) is 54.5 Å². The van der Waals surface area contributed by atoms with Gasteiger partial charge in [0, 0.05) is 12.5 Å². The van der Waals surface area contributed by atoms with E-state index >= 15 is 0 Å². The molecule has 0 spiro atoms. The molecule has 2 aromatic rings. The minimum absolute atomic E-state index is 0.0241. The molecule has 1 fully saturated rings.